The van der Waals surface area contributed by atoms with Crippen LogP contribution in [0, 0.1) is 17.2 Å². The van der Waals surface area contributed by atoms with Crippen LogP contribution in [0.15, 0.2) is 18.3 Å². The molecule has 112 valence electrons. The van der Waals surface area contributed by atoms with Gasteiger partial charge in [-0.05, 0) is 37.3 Å². The molecule has 1 atom stereocenters. The van der Waals surface area contributed by atoms with Gasteiger partial charge in [-0.2, -0.15) is 0 Å². The smallest absolute Gasteiger partial charge is 0.141 e. The van der Waals surface area contributed by atoms with E-state index in [9.17, 15) is 9.50 Å². The Bertz CT molecular complexity index is 440. The van der Waals surface area contributed by atoms with Gasteiger partial charge in [0.05, 0.1) is 11.9 Å². The number of pyridine rings is 1. The van der Waals surface area contributed by atoms with E-state index in [0.29, 0.717) is 24.6 Å². The topological polar surface area (TPSA) is 59.1 Å². The molecule has 0 bridgehead atoms. The molecule has 0 aliphatic heterocycles. The first-order valence-corrected chi connectivity index (χ1v) is 7.52. The molecule has 3 N–H and O–H groups in total. The standard InChI is InChI=1S/C16H25FN2O/c1-3-16(20,14-5-4-13(17)10-19-14)15(11-18)8-6-12(2)7-9-15/h4-5,10,12,20H,3,6-9,11,18H2,1-2H3. The van der Waals surface area contributed by atoms with Crippen LogP contribution in [0.4, 0.5) is 4.39 Å². The van der Waals surface area contributed by atoms with E-state index in [0.717, 1.165) is 25.7 Å². The number of halogens is 1. The highest BCUT2D eigenvalue weighted by atomic mass is 19.1. The Morgan fingerprint density at radius 1 is 1.45 bits per heavy atom. The van der Waals surface area contributed by atoms with Crippen molar-refractivity contribution in [3.63, 3.8) is 0 Å². The summed E-state index contributed by atoms with van der Waals surface area (Å²) in [6.45, 7) is 4.62. The van der Waals surface area contributed by atoms with Gasteiger partial charge in [-0.3, -0.25) is 4.98 Å². The molecule has 0 saturated heterocycles. The first-order valence-electron chi connectivity index (χ1n) is 7.52. The summed E-state index contributed by atoms with van der Waals surface area (Å²) in [5.41, 5.74) is 5.17. The highest BCUT2D eigenvalue weighted by Crippen LogP contribution is 2.51. The second-order valence-corrected chi connectivity index (χ2v) is 6.24. The van der Waals surface area contributed by atoms with Crippen molar-refractivity contribution in [2.45, 2.75) is 51.6 Å². The quantitative estimate of drug-likeness (QED) is 0.891. The third kappa shape index (κ3) is 2.47. The van der Waals surface area contributed by atoms with Crippen molar-refractivity contribution in [1.82, 2.24) is 4.98 Å². The average molecular weight is 280 g/mol. The van der Waals surface area contributed by atoms with Crippen LogP contribution < -0.4 is 5.73 Å². The van der Waals surface area contributed by atoms with E-state index in [1.165, 1.54) is 12.3 Å². The van der Waals surface area contributed by atoms with Crippen LogP contribution in [0.1, 0.15) is 51.6 Å². The molecule has 1 fully saturated rings. The Hall–Kier alpha value is -1.00. The van der Waals surface area contributed by atoms with Gasteiger partial charge in [0, 0.05) is 12.0 Å². The molecule has 2 rings (SSSR count). The van der Waals surface area contributed by atoms with Gasteiger partial charge in [0.15, 0.2) is 0 Å². The van der Waals surface area contributed by atoms with Crippen LogP contribution in [0.3, 0.4) is 0 Å². The summed E-state index contributed by atoms with van der Waals surface area (Å²) in [5, 5.41) is 11.3. The lowest BCUT2D eigenvalue weighted by Gasteiger charge is -2.49. The molecule has 3 nitrogen and oxygen atoms in total. The lowest BCUT2D eigenvalue weighted by molar-refractivity contribution is -0.117. The Morgan fingerprint density at radius 3 is 2.55 bits per heavy atom. The molecule has 1 aromatic heterocycles. The second kappa shape index (κ2) is 5.78. The monoisotopic (exact) mass is 280 g/mol. The van der Waals surface area contributed by atoms with Gasteiger partial charge in [0.1, 0.15) is 11.4 Å². The SMILES string of the molecule is CCC(O)(c1ccc(F)cn1)C1(CN)CCC(C)CC1. The van der Waals surface area contributed by atoms with Crippen molar-refractivity contribution in [3.05, 3.63) is 29.8 Å². The van der Waals surface area contributed by atoms with Crippen LogP contribution in [0.2, 0.25) is 0 Å². The minimum atomic E-state index is -1.07. The van der Waals surface area contributed by atoms with Gasteiger partial charge in [0.2, 0.25) is 0 Å². The minimum absolute atomic E-state index is 0.348. The maximum Gasteiger partial charge on any atom is 0.141 e. The maximum absolute atomic E-state index is 13.1. The van der Waals surface area contributed by atoms with Crippen LogP contribution in [0.5, 0.6) is 0 Å². The van der Waals surface area contributed by atoms with Crippen molar-refractivity contribution in [1.29, 1.82) is 0 Å². The molecule has 0 spiro atoms. The summed E-state index contributed by atoms with van der Waals surface area (Å²) >= 11 is 0. The Labute approximate surface area is 120 Å². The van der Waals surface area contributed by atoms with E-state index >= 15 is 0 Å². The second-order valence-electron chi connectivity index (χ2n) is 6.24. The number of rotatable bonds is 4. The zero-order valence-corrected chi connectivity index (χ0v) is 12.4. The molecular weight excluding hydrogens is 255 g/mol. The van der Waals surface area contributed by atoms with Gasteiger partial charge in [-0.1, -0.05) is 26.7 Å². The molecule has 1 saturated carbocycles. The Morgan fingerprint density at radius 2 is 2.10 bits per heavy atom. The fraction of sp³-hybridized carbons (Fsp3) is 0.688. The van der Waals surface area contributed by atoms with Crippen molar-refractivity contribution in [2.75, 3.05) is 6.54 Å². The summed E-state index contributed by atoms with van der Waals surface area (Å²) < 4.78 is 13.1. The maximum atomic E-state index is 13.1. The lowest BCUT2D eigenvalue weighted by atomic mass is 9.59. The molecule has 1 aliphatic rings. The number of aliphatic hydroxyl groups is 1. The van der Waals surface area contributed by atoms with E-state index in [-0.39, 0.29) is 11.2 Å². The fourth-order valence-corrected chi connectivity index (χ4v) is 3.55. The molecule has 0 aromatic carbocycles. The first-order chi connectivity index (χ1) is 9.47. The molecule has 0 amide bonds. The number of aromatic nitrogens is 1. The van der Waals surface area contributed by atoms with Gasteiger partial charge in [0.25, 0.3) is 0 Å². The number of hydrogen-bond donors (Lipinski definition) is 2. The summed E-state index contributed by atoms with van der Waals surface area (Å²) in [6, 6.07) is 2.95. The molecule has 1 unspecified atom stereocenters. The number of hydrogen-bond acceptors (Lipinski definition) is 3. The van der Waals surface area contributed by atoms with Crippen molar-refractivity contribution in [3.8, 4) is 0 Å². The Balaban J connectivity index is 2.39. The lowest BCUT2D eigenvalue weighted by Crippen LogP contribution is -2.52. The normalized spacial score (nSPS) is 29.9. The molecule has 20 heavy (non-hydrogen) atoms. The van der Waals surface area contributed by atoms with Crippen LogP contribution in [0.25, 0.3) is 0 Å². The molecule has 1 aromatic rings. The van der Waals surface area contributed by atoms with Gasteiger partial charge in [-0.25, -0.2) is 4.39 Å². The molecular formula is C16H25FN2O. The summed E-state index contributed by atoms with van der Waals surface area (Å²) in [7, 11) is 0. The van der Waals surface area contributed by atoms with E-state index in [4.69, 9.17) is 5.73 Å². The largest absolute Gasteiger partial charge is 0.383 e. The van der Waals surface area contributed by atoms with Crippen LogP contribution in [-0.4, -0.2) is 16.6 Å². The van der Waals surface area contributed by atoms with E-state index in [2.05, 4.69) is 11.9 Å². The Kier molecular flexibility index (Phi) is 4.45. The van der Waals surface area contributed by atoms with Crippen LogP contribution >= 0.6 is 0 Å². The van der Waals surface area contributed by atoms with E-state index < -0.39 is 5.60 Å². The van der Waals surface area contributed by atoms with Gasteiger partial charge >= 0.3 is 0 Å². The number of nitrogens with zero attached hydrogens (tertiary/aromatic N) is 1. The van der Waals surface area contributed by atoms with Gasteiger partial charge in [-0.15, -0.1) is 0 Å². The average Bonchev–Trinajstić information content (AvgIpc) is 2.48. The fourth-order valence-electron chi connectivity index (χ4n) is 3.55. The zero-order chi connectivity index (χ0) is 14.8. The predicted octanol–water partition coefficient (Wildman–Crippen LogP) is 2.97. The first kappa shape index (κ1) is 15.4. The summed E-state index contributed by atoms with van der Waals surface area (Å²) in [5.74, 6) is 0.295. The summed E-state index contributed by atoms with van der Waals surface area (Å²) in [6.07, 6.45) is 5.65. The van der Waals surface area contributed by atoms with E-state index in [1.807, 2.05) is 6.92 Å². The highest BCUT2D eigenvalue weighted by Gasteiger charge is 2.51. The number of nitrogens with two attached hydrogens (primary N) is 1. The zero-order valence-electron chi connectivity index (χ0n) is 12.4. The van der Waals surface area contributed by atoms with Crippen molar-refractivity contribution < 1.29 is 9.50 Å². The third-order valence-electron chi connectivity index (χ3n) is 5.16. The van der Waals surface area contributed by atoms with Crippen molar-refractivity contribution in [2.24, 2.45) is 17.1 Å². The van der Waals surface area contributed by atoms with Crippen molar-refractivity contribution >= 4 is 0 Å². The molecule has 0 radical (unpaired) electrons. The van der Waals surface area contributed by atoms with E-state index in [1.54, 1.807) is 6.07 Å². The molecule has 1 heterocycles. The highest BCUT2D eigenvalue weighted by molar-refractivity contribution is 5.19. The third-order valence-corrected chi connectivity index (χ3v) is 5.16. The molecule has 4 heteroatoms. The van der Waals surface area contributed by atoms with Crippen LogP contribution in [-0.2, 0) is 5.60 Å². The van der Waals surface area contributed by atoms with Gasteiger partial charge < -0.3 is 10.8 Å². The minimum Gasteiger partial charge on any atom is -0.383 e. The molecule has 1 aliphatic carbocycles. The predicted molar refractivity (Wildman–Crippen MR) is 77.5 cm³/mol. The summed E-state index contributed by atoms with van der Waals surface area (Å²) in [4.78, 5) is 4.13.